The number of nitrogens with one attached hydrogen (secondary N) is 1. The van der Waals surface area contributed by atoms with Crippen molar-refractivity contribution in [3.05, 3.63) is 34.1 Å². The average Bonchev–Trinajstić information content (AvgIpc) is 2.96. The van der Waals surface area contributed by atoms with E-state index in [-0.39, 0.29) is 5.82 Å². The van der Waals surface area contributed by atoms with Gasteiger partial charge in [0.25, 0.3) is 0 Å². The fourth-order valence-electron chi connectivity index (χ4n) is 2.09. The van der Waals surface area contributed by atoms with Crippen molar-refractivity contribution < 1.29 is 4.39 Å². The molecule has 0 spiro atoms. The maximum absolute atomic E-state index is 12.9. The maximum Gasteiger partial charge on any atom is 0.124 e. The van der Waals surface area contributed by atoms with Gasteiger partial charge in [0.1, 0.15) is 5.82 Å². The quantitative estimate of drug-likeness (QED) is 0.866. The summed E-state index contributed by atoms with van der Waals surface area (Å²) in [5.41, 5.74) is 1.13. The van der Waals surface area contributed by atoms with Gasteiger partial charge in [-0.1, -0.05) is 35.3 Å². The molecule has 1 fully saturated rings. The predicted octanol–water partition coefficient (Wildman–Crippen LogP) is 3.87. The summed E-state index contributed by atoms with van der Waals surface area (Å²) in [6, 6.07) is 5.55. The lowest BCUT2D eigenvalue weighted by molar-refractivity contribution is 0.595. The minimum absolute atomic E-state index is 0.189. The van der Waals surface area contributed by atoms with Crippen LogP contribution in [0.5, 0.6) is 0 Å². The third-order valence-electron chi connectivity index (χ3n) is 3.15. The first-order chi connectivity index (χ1) is 7.70. The zero-order valence-corrected chi connectivity index (χ0v) is 11.1. The third-order valence-corrected chi connectivity index (χ3v) is 3.89. The van der Waals surface area contributed by atoms with Crippen LogP contribution in [0, 0.1) is 11.7 Å². The lowest BCUT2D eigenvalue weighted by Gasteiger charge is -2.06. The van der Waals surface area contributed by atoms with Crippen molar-refractivity contribution in [3.63, 3.8) is 0 Å². The molecule has 1 N–H and O–H groups in total. The number of halogens is 2. The van der Waals surface area contributed by atoms with E-state index in [1.165, 1.54) is 31.4 Å². The fraction of sp³-hybridized carbons (Fsp3) is 0.538. The molecule has 1 aromatic carbocycles. The van der Waals surface area contributed by atoms with Gasteiger partial charge in [0.2, 0.25) is 0 Å². The topological polar surface area (TPSA) is 12.0 Å². The summed E-state index contributed by atoms with van der Waals surface area (Å²) in [6.45, 7) is 3.05. The highest BCUT2D eigenvalue weighted by Crippen LogP contribution is 2.34. The second-order valence-electron chi connectivity index (χ2n) is 4.51. The normalized spacial score (nSPS) is 23.4. The van der Waals surface area contributed by atoms with Crippen molar-refractivity contribution in [2.75, 3.05) is 0 Å². The van der Waals surface area contributed by atoms with Crippen LogP contribution < -0.4 is 5.32 Å². The standard InChI is InChI=1S/C13H17BrFN/c1-2-3-9-6-13(9)16-8-10-4-5-11(15)7-12(10)14/h4-5,7,9,13,16H,2-3,6,8H2,1H3. The van der Waals surface area contributed by atoms with Crippen LogP contribution in [-0.2, 0) is 6.54 Å². The van der Waals surface area contributed by atoms with Crippen LogP contribution in [0.25, 0.3) is 0 Å². The minimum atomic E-state index is -0.189. The van der Waals surface area contributed by atoms with Crippen LogP contribution in [-0.4, -0.2) is 6.04 Å². The summed E-state index contributed by atoms with van der Waals surface area (Å²) < 4.78 is 13.7. The molecule has 0 radical (unpaired) electrons. The Morgan fingerprint density at radius 1 is 1.50 bits per heavy atom. The van der Waals surface area contributed by atoms with Gasteiger partial charge in [-0.2, -0.15) is 0 Å². The molecule has 1 saturated carbocycles. The highest BCUT2D eigenvalue weighted by Gasteiger charge is 2.35. The van der Waals surface area contributed by atoms with Crippen LogP contribution in [0.3, 0.4) is 0 Å². The van der Waals surface area contributed by atoms with Crippen molar-refractivity contribution >= 4 is 15.9 Å². The second-order valence-corrected chi connectivity index (χ2v) is 5.36. The molecular formula is C13H17BrFN. The average molecular weight is 286 g/mol. The molecule has 0 aromatic heterocycles. The monoisotopic (exact) mass is 285 g/mol. The van der Waals surface area contributed by atoms with E-state index < -0.39 is 0 Å². The Kier molecular flexibility index (Phi) is 3.98. The van der Waals surface area contributed by atoms with Crippen LogP contribution in [0.4, 0.5) is 4.39 Å². The van der Waals surface area contributed by atoms with E-state index >= 15 is 0 Å². The van der Waals surface area contributed by atoms with Crippen molar-refractivity contribution in [2.24, 2.45) is 5.92 Å². The van der Waals surface area contributed by atoms with Gasteiger partial charge in [0.05, 0.1) is 0 Å². The van der Waals surface area contributed by atoms with Crippen LogP contribution in [0.15, 0.2) is 22.7 Å². The third kappa shape index (κ3) is 3.05. The van der Waals surface area contributed by atoms with Gasteiger partial charge in [-0.15, -0.1) is 0 Å². The number of hydrogen-bond donors (Lipinski definition) is 1. The molecule has 16 heavy (non-hydrogen) atoms. The lowest BCUT2D eigenvalue weighted by Crippen LogP contribution is -2.17. The number of rotatable bonds is 5. The van der Waals surface area contributed by atoms with Gasteiger partial charge < -0.3 is 5.32 Å². The maximum atomic E-state index is 12.9. The van der Waals surface area contributed by atoms with Crippen LogP contribution >= 0.6 is 15.9 Å². The summed E-state index contributed by atoms with van der Waals surface area (Å²) in [5.74, 6) is 0.676. The number of benzene rings is 1. The Morgan fingerprint density at radius 2 is 2.31 bits per heavy atom. The van der Waals surface area contributed by atoms with E-state index in [0.29, 0.717) is 6.04 Å². The van der Waals surface area contributed by atoms with E-state index in [9.17, 15) is 4.39 Å². The summed E-state index contributed by atoms with van der Waals surface area (Å²) in [6.07, 6.45) is 3.89. The first kappa shape index (κ1) is 12.1. The molecule has 0 saturated heterocycles. The SMILES string of the molecule is CCCC1CC1NCc1ccc(F)cc1Br. The van der Waals surface area contributed by atoms with Gasteiger partial charge in [0.15, 0.2) is 0 Å². The summed E-state index contributed by atoms with van der Waals surface area (Å²) in [4.78, 5) is 0. The van der Waals surface area contributed by atoms with Gasteiger partial charge in [-0.25, -0.2) is 4.39 Å². The van der Waals surface area contributed by atoms with E-state index in [1.54, 1.807) is 0 Å². The highest BCUT2D eigenvalue weighted by atomic mass is 79.9. The first-order valence-electron chi connectivity index (χ1n) is 5.88. The molecule has 1 aliphatic carbocycles. The van der Waals surface area contributed by atoms with E-state index in [0.717, 1.165) is 22.5 Å². The predicted molar refractivity (Wildman–Crippen MR) is 67.7 cm³/mol. The van der Waals surface area contributed by atoms with Crippen molar-refractivity contribution in [1.29, 1.82) is 0 Å². The smallest absolute Gasteiger partial charge is 0.124 e. The molecule has 0 heterocycles. The molecular weight excluding hydrogens is 269 g/mol. The largest absolute Gasteiger partial charge is 0.310 e. The molecule has 0 amide bonds. The Morgan fingerprint density at radius 3 is 3.00 bits per heavy atom. The van der Waals surface area contributed by atoms with Crippen molar-refractivity contribution in [1.82, 2.24) is 5.32 Å². The first-order valence-corrected chi connectivity index (χ1v) is 6.67. The Balaban J connectivity index is 1.82. The number of hydrogen-bond acceptors (Lipinski definition) is 1. The van der Waals surface area contributed by atoms with E-state index in [2.05, 4.69) is 28.2 Å². The molecule has 0 aliphatic heterocycles. The molecule has 88 valence electrons. The van der Waals surface area contributed by atoms with Crippen molar-refractivity contribution in [3.8, 4) is 0 Å². The van der Waals surface area contributed by atoms with Gasteiger partial charge in [0, 0.05) is 17.1 Å². The Bertz CT molecular complexity index is 367. The molecule has 1 aromatic rings. The lowest BCUT2D eigenvalue weighted by atomic mass is 10.2. The van der Waals surface area contributed by atoms with Crippen LogP contribution in [0.1, 0.15) is 31.7 Å². The van der Waals surface area contributed by atoms with E-state index in [4.69, 9.17) is 0 Å². The fourth-order valence-corrected chi connectivity index (χ4v) is 2.58. The zero-order valence-electron chi connectivity index (χ0n) is 9.47. The summed E-state index contributed by atoms with van der Waals surface area (Å²) in [7, 11) is 0. The molecule has 0 bridgehead atoms. The Hall–Kier alpha value is -0.410. The molecule has 2 rings (SSSR count). The van der Waals surface area contributed by atoms with Gasteiger partial charge in [-0.05, 0) is 36.5 Å². The summed E-state index contributed by atoms with van der Waals surface area (Å²) in [5, 5.41) is 3.52. The molecule has 1 aliphatic rings. The van der Waals surface area contributed by atoms with Crippen molar-refractivity contribution in [2.45, 2.75) is 38.8 Å². The Labute approximate surface area is 105 Å². The van der Waals surface area contributed by atoms with E-state index in [1.807, 2.05) is 6.07 Å². The molecule has 1 nitrogen and oxygen atoms in total. The van der Waals surface area contributed by atoms with Gasteiger partial charge >= 0.3 is 0 Å². The summed E-state index contributed by atoms with van der Waals surface area (Å²) >= 11 is 3.38. The second kappa shape index (κ2) is 5.28. The molecule has 3 heteroatoms. The highest BCUT2D eigenvalue weighted by molar-refractivity contribution is 9.10. The zero-order chi connectivity index (χ0) is 11.5. The minimum Gasteiger partial charge on any atom is -0.310 e. The van der Waals surface area contributed by atoms with Crippen LogP contribution in [0.2, 0.25) is 0 Å². The molecule has 2 atom stereocenters. The van der Waals surface area contributed by atoms with Gasteiger partial charge in [-0.3, -0.25) is 0 Å². The molecule has 2 unspecified atom stereocenters.